The quantitative estimate of drug-likeness (QED) is 0.0205. The van der Waals surface area contributed by atoms with Crippen LogP contribution in [0.5, 0.6) is 0 Å². The van der Waals surface area contributed by atoms with E-state index in [1.165, 1.54) is 0 Å². The first-order chi connectivity index (χ1) is 27.1. The van der Waals surface area contributed by atoms with Gasteiger partial charge in [0.25, 0.3) is 11.8 Å². The van der Waals surface area contributed by atoms with Crippen molar-refractivity contribution in [3.8, 4) is 0 Å². The van der Waals surface area contributed by atoms with Gasteiger partial charge in [0.15, 0.2) is 16.6 Å². The summed E-state index contributed by atoms with van der Waals surface area (Å²) in [4.78, 5) is 28.7. The summed E-state index contributed by atoms with van der Waals surface area (Å²) in [7, 11) is -5.64. The molecular weight excluding hydrogens is 833 g/mol. The lowest BCUT2D eigenvalue weighted by Gasteiger charge is -2.37. The van der Waals surface area contributed by atoms with Gasteiger partial charge in [-0.2, -0.15) is 4.89 Å². The van der Waals surface area contributed by atoms with E-state index in [-0.39, 0.29) is 31.0 Å². The Morgan fingerprint density at radius 1 is 0.690 bits per heavy atom. The maximum atomic E-state index is 14.1. The zero-order valence-electron chi connectivity index (χ0n) is 35.2. The fraction of sp³-hybridized carbons (Fsp3) is 0.943. The topological polar surface area (TPSA) is 180 Å². The molecule has 0 saturated heterocycles. The van der Waals surface area contributed by atoms with Gasteiger partial charge in [0, 0.05) is 38.1 Å². The monoisotopic (exact) mass is 900 g/mol. The van der Waals surface area contributed by atoms with Crippen LogP contribution in [0.1, 0.15) is 96.3 Å². The standard InChI is InChI=1S/C35H68F4N2O14Si3/c1-56(2,3)54-58(6,7)55-57(4,5)24-10-22-45-21-8-11-32(42)40-30-16-12-28(13-17-30)25-29-14-18-31(19-15-29)41-33(43)46-23-9-20-34(36,37)26-35(38,39)27-47-49-51-53-52-50-48-44/h28-31,44H,8-27H2,1-7H3,(H,40,42)(H,41,43). The average molecular weight is 901 g/mol. The van der Waals surface area contributed by atoms with Crippen molar-refractivity contribution in [3.05, 3.63) is 0 Å². The first kappa shape index (κ1) is 52.8. The first-order valence-electron chi connectivity index (χ1n) is 20.3. The number of rotatable bonds is 30. The fourth-order valence-electron chi connectivity index (χ4n) is 7.77. The lowest BCUT2D eigenvalue weighted by atomic mass is 9.75. The van der Waals surface area contributed by atoms with Crippen LogP contribution in [0.2, 0.25) is 51.9 Å². The molecule has 0 aliphatic heterocycles. The predicted molar refractivity (Wildman–Crippen MR) is 208 cm³/mol. The van der Waals surface area contributed by atoms with Crippen molar-refractivity contribution in [2.75, 3.05) is 26.4 Å². The van der Waals surface area contributed by atoms with Crippen molar-refractivity contribution in [2.45, 2.75) is 172 Å². The van der Waals surface area contributed by atoms with E-state index >= 15 is 0 Å². The Balaban J connectivity index is 1.49. The summed E-state index contributed by atoms with van der Waals surface area (Å²) in [5, 5.41) is 34.0. The third-order valence-electron chi connectivity index (χ3n) is 9.78. The van der Waals surface area contributed by atoms with Crippen LogP contribution in [0.3, 0.4) is 0 Å². The second-order valence-electron chi connectivity index (χ2n) is 17.5. The molecule has 0 aromatic heterocycles. The van der Waals surface area contributed by atoms with Crippen molar-refractivity contribution in [1.82, 2.24) is 10.6 Å². The Morgan fingerprint density at radius 2 is 1.26 bits per heavy atom. The molecule has 2 fully saturated rings. The van der Waals surface area contributed by atoms with Crippen LogP contribution in [0.4, 0.5) is 22.4 Å². The second kappa shape index (κ2) is 26.2. The number of carbonyl (C=O) groups excluding carboxylic acids is 2. The Kier molecular flexibility index (Phi) is 23.9. The molecule has 2 amide bonds. The Bertz CT molecular complexity index is 1160. The molecule has 16 nitrogen and oxygen atoms in total. The highest BCUT2D eigenvalue weighted by Gasteiger charge is 2.44. The summed E-state index contributed by atoms with van der Waals surface area (Å²) < 4.78 is 79.5. The zero-order chi connectivity index (χ0) is 43.3. The van der Waals surface area contributed by atoms with Crippen LogP contribution in [0.15, 0.2) is 0 Å². The van der Waals surface area contributed by atoms with Gasteiger partial charge in [-0.25, -0.2) is 27.6 Å². The van der Waals surface area contributed by atoms with Crippen LogP contribution in [0, 0.1) is 11.8 Å². The van der Waals surface area contributed by atoms with Crippen molar-refractivity contribution in [1.29, 1.82) is 0 Å². The molecule has 0 bridgehead atoms. The molecule has 2 aliphatic carbocycles. The third kappa shape index (κ3) is 26.1. The highest BCUT2D eigenvalue weighted by molar-refractivity contribution is 6.87. The lowest BCUT2D eigenvalue weighted by molar-refractivity contribution is -0.812. The maximum Gasteiger partial charge on any atom is 0.407 e. The van der Waals surface area contributed by atoms with Gasteiger partial charge in [-0.15, -0.1) is 0 Å². The van der Waals surface area contributed by atoms with Gasteiger partial charge in [0.2, 0.25) is 5.91 Å². The van der Waals surface area contributed by atoms with E-state index in [1.54, 1.807) is 0 Å². The Morgan fingerprint density at radius 3 is 1.86 bits per heavy atom. The summed E-state index contributed by atoms with van der Waals surface area (Å²) in [5.74, 6) is -6.56. The van der Waals surface area contributed by atoms with Crippen LogP contribution < -0.4 is 10.6 Å². The van der Waals surface area contributed by atoms with Crippen LogP contribution in [0.25, 0.3) is 0 Å². The van der Waals surface area contributed by atoms with Crippen LogP contribution in [-0.4, -0.2) is 92.8 Å². The number of alkyl halides is 4. The largest absolute Gasteiger partial charge is 0.450 e. The van der Waals surface area contributed by atoms with Gasteiger partial charge in [-0.05, 0) is 171 Å². The first-order valence-corrected chi connectivity index (χ1v) is 29.6. The van der Waals surface area contributed by atoms with Crippen LogP contribution in [-0.2, 0) is 57.6 Å². The van der Waals surface area contributed by atoms with Crippen molar-refractivity contribution >= 4 is 37.2 Å². The van der Waals surface area contributed by atoms with Crippen molar-refractivity contribution < 1.29 is 85.2 Å². The SMILES string of the molecule is C[Si](C)(C)O[Si](C)(C)O[Si](C)(C)CCCOCCCC(=O)NC1CCC(CC2CCC(NC(=O)OCCCC(F)(F)CC(F)(F)COOOOOOOO)CC2)CC1. The van der Waals surface area contributed by atoms with E-state index in [2.05, 4.69) is 91.6 Å². The number of carbonyl (C=O) groups is 2. The molecule has 2 rings (SSSR count). The number of ether oxygens (including phenoxy) is 2. The number of hydrogen-bond acceptors (Lipinski definition) is 14. The van der Waals surface area contributed by atoms with Gasteiger partial charge >= 0.3 is 14.7 Å². The number of amides is 2. The minimum atomic E-state index is -4.01. The normalized spacial score (nSPS) is 21.2. The summed E-state index contributed by atoms with van der Waals surface area (Å²) in [6, 6.07) is 1.14. The lowest BCUT2D eigenvalue weighted by Crippen LogP contribution is -2.51. The van der Waals surface area contributed by atoms with Gasteiger partial charge in [0.05, 0.1) is 13.0 Å². The smallest absolute Gasteiger partial charge is 0.407 e. The van der Waals surface area contributed by atoms with E-state index in [0.29, 0.717) is 37.9 Å². The molecule has 0 atom stereocenters. The molecule has 2 aliphatic rings. The molecule has 23 heteroatoms. The number of alkyl carbamates (subject to hydrolysis) is 1. The summed E-state index contributed by atoms with van der Waals surface area (Å²) in [6.07, 6.45) is 6.91. The third-order valence-corrected chi connectivity index (χ3v) is 19.9. The van der Waals surface area contributed by atoms with E-state index in [1.807, 2.05) is 0 Å². The Labute approximate surface area is 342 Å². The second-order valence-corrected chi connectivity index (χ2v) is 30.2. The van der Waals surface area contributed by atoms with Crippen LogP contribution >= 0.6 is 0 Å². The van der Waals surface area contributed by atoms with E-state index in [9.17, 15) is 27.2 Å². The number of nitrogens with one attached hydrogen (secondary N) is 2. The highest BCUT2D eigenvalue weighted by Crippen LogP contribution is 2.36. The molecule has 0 aromatic carbocycles. The molecule has 0 heterocycles. The zero-order valence-corrected chi connectivity index (χ0v) is 38.2. The molecule has 0 spiro atoms. The number of halogens is 4. The molecule has 0 aromatic rings. The summed E-state index contributed by atoms with van der Waals surface area (Å²) >= 11 is 0. The van der Waals surface area contributed by atoms with Gasteiger partial charge in [-0.1, -0.05) is 0 Å². The molecule has 58 heavy (non-hydrogen) atoms. The highest BCUT2D eigenvalue weighted by atomic mass is 28.5. The summed E-state index contributed by atoms with van der Waals surface area (Å²) in [6.45, 7) is 14.6. The van der Waals surface area contributed by atoms with Crippen molar-refractivity contribution in [3.63, 3.8) is 0 Å². The number of hydrogen-bond donors (Lipinski definition) is 3. The van der Waals surface area contributed by atoms with E-state index in [4.69, 9.17) is 23.0 Å². The molecule has 3 N–H and O–H groups in total. The van der Waals surface area contributed by atoms with Gasteiger partial charge < -0.3 is 28.3 Å². The van der Waals surface area contributed by atoms with Gasteiger partial charge in [-0.3, -0.25) is 4.79 Å². The van der Waals surface area contributed by atoms with E-state index in [0.717, 1.165) is 70.3 Å². The minimum absolute atomic E-state index is 0.0821. The molecule has 0 unspecified atom stereocenters. The van der Waals surface area contributed by atoms with Gasteiger partial charge in [0.1, 0.15) is 6.61 Å². The molecular formula is C35H68F4N2O14Si3. The Hall–Kier alpha value is -1.33. The fourth-order valence-corrected chi connectivity index (χ4v) is 20.9. The van der Waals surface area contributed by atoms with Crippen molar-refractivity contribution in [2.24, 2.45) is 11.8 Å². The molecule has 342 valence electrons. The predicted octanol–water partition coefficient (Wildman–Crippen LogP) is 8.82. The maximum absolute atomic E-state index is 14.1. The molecule has 2 saturated carbocycles. The summed E-state index contributed by atoms with van der Waals surface area (Å²) in [5.41, 5.74) is 0. The minimum Gasteiger partial charge on any atom is -0.450 e. The van der Waals surface area contributed by atoms with E-state index < -0.39 is 62.6 Å². The molecule has 0 radical (unpaired) electrons. The average Bonchev–Trinajstić information content (AvgIpc) is 3.09.